The average Bonchev–Trinajstić information content (AvgIpc) is 3.26. The summed E-state index contributed by atoms with van der Waals surface area (Å²) in [6, 6.07) is 4.89. The van der Waals surface area contributed by atoms with E-state index in [1.807, 2.05) is 24.8 Å². The molecule has 0 aromatic carbocycles. The minimum atomic E-state index is -4.10. The molecular weight excluding hydrogens is 526 g/mol. The molecule has 0 atom stereocenters. The first kappa shape index (κ1) is 25.4. The van der Waals surface area contributed by atoms with E-state index in [2.05, 4.69) is 20.0 Å². The third-order valence-electron chi connectivity index (χ3n) is 6.44. The molecule has 15 heteroatoms. The van der Waals surface area contributed by atoms with Crippen molar-refractivity contribution in [1.82, 2.24) is 29.4 Å². The third kappa shape index (κ3) is 4.76. The van der Waals surface area contributed by atoms with Gasteiger partial charge < -0.3 is 9.80 Å². The zero-order valence-electron chi connectivity index (χ0n) is 20.1. The van der Waals surface area contributed by atoms with E-state index in [-0.39, 0.29) is 21.7 Å². The van der Waals surface area contributed by atoms with E-state index in [1.54, 1.807) is 4.90 Å². The highest BCUT2D eigenvalue weighted by molar-refractivity contribution is 7.89. The fraction of sp³-hybridized carbons (Fsp3) is 0.500. The van der Waals surface area contributed by atoms with Crippen molar-refractivity contribution in [3.8, 4) is 16.6 Å². The molecule has 0 radical (unpaired) electrons. The molecular formula is C22H24F2N8O3S2. The van der Waals surface area contributed by atoms with Crippen molar-refractivity contribution in [1.29, 1.82) is 5.26 Å². The van der Waals surface area contributed by atoms with Crippen LogP contribution in [-0.2, 0) is 14.8 Å². The van der Waals surface area contributed by atoms with Crippen molar-refractivity contribution in [2.75, 3.05) is 31.1 Å². The van der Waals surface area contributed by atoms with E-state index >= 15 is 0 Å². The van der Waals surface area contributed by atoms with Crippen LogP contribution in [0.1, 0.15) is 38.1 Å². The number of carbonyl (C=O) groups is 1. The van der Waals surface area contributed by atoms with Gasteiger partial charge in [0.25, 0.3) is 6.43 Å². The fourth-order valence-corrected chi connectivity index (χ4v) is 6.35. The molecule has 1 amide bonds. The number of aromatic nitrogens is 4. The Morgan fingerprint density at radius 3 is 2.46 bits per heavy atom. The summed E-state index contributed by atoms with van der Waals surface area (Å²) in [5, 5.41) is 20.9. The van der Waals surface area contributed by atoms with E-state index < -0.39 is 27.0 Å². The Labute approximate surface area is 215 Å². The standard InChI is InChI=1S/C22H24F2N8O3S2/c1-13(2)21(33)31-7-5-30(6-8-31)17-10-14(37(34,35)29-22(12-25)3-4-22)9-16-15(11-26-32(16)17)19-27-28-20(36-19)18(23)24/h9-11,13,18,29H,3-8H2,1-2H3. The van der Waals surface area contributed by atoms with Crippen LogP contribution in [0.15, 0.2) is 23.2 Å². The molecule has 1 aliphatic carbocycles. The summed E-state index contributed by atoms with van der Waals surface area (Å²) in [6.45, 7) is 5.46. The number of nitrogens with one attached hydrogen (secondary N) is 1. The lowest BCUT2D eigenvalue weighted by atomic mass is 10.1. The normalized spacial score (nSPS) is 17.5. The molecule has 1 aliphatic heterocycles. The Hall–Kier alpha value is -3.22. The second kappa shape index (κ2) is 9.26. The van der Waals surface area contributed by atoms with Crippen molar-refractivity contribution >= 4 is 38.6 Å². The first-order valence-corrected chi connectivity index (χ1v) is 14.0. The number of anilines is 1. The fourth-order valence-electron chi connectivity index (χ4n) is 4.22. The molecule has 3 aromatic heterocycles. The molecule has 1 saturated carbocycles. The van der Waals surface area contributed by atoms with Gasteiger partial charge in [-0.05, 0) is 18.9 Å². The molecule has 1 N–H and O–H groups in total. The number of piperazine rings is 1. The van der Waals surface area contributed by atoms with Crippen LogP contribution in [0.2, 0.25) is 0 Å². The lowest BCUT2D eigenvalue weighted by Crippen LogP contribution is -2.50. The monoisotopic (exact) mass is 550 g/mol. The third-order valence-corrected chi connectivity index (χ3v) is 8.92. The molecule has 3 aromatic rings. The molecule has 1 saturated heterocycles. The van der Waals surface area contributed by atoms with E-state index in [9.17, 15) is 27.3 Å². The maximum atomic E-state index is 13.3. The zero-order valence-corrected chi connectivity index (χ0v) is 21.7. The van der Waals surface area contributed by atoms with Crippen LogP contribution in [0.5, 0.6) is 0 Å². The molecule has 2 aliphatic rings. The summed E-state index contributed by atoms with van der Waals surface area (Å²) in [5.74, 6) is 0.372. The van der Waals surface area contributed by atoms with E-state index in [0.29, 0.717) is 67.3 Å². The van der Waals surface area contributed by atoms with Crippen molar-refractivity contribution in [2.24, 2.45) is 5.92 Å². The Balaban J connectivity index is 1.57. The van der Waals surface area contributed by atoms with Crippen LogP contribution in [0.3, 0.4) is 0 Å². The smallest absolute Gasteiger partial charge is 0.291 e. The number of nitrogens with zero attached hydrogens (tertiary/aromatic N) is 7. The number of carbonyl (C=O) groups excluding carboxylic acids is 1. The number of rotatable bonds is 7. The van der Waals surface area contributed by atoms with Crippen LogP contribution in [0, 0.1) is 17.2 Å². The maximum Gasteiger partial charge on any atom is 0.291 e. The lowest BCUT2D eigenvalue weighted by Gasteiger charge is -2.37. The molecule has 4 heterocycles. The van der Waals surface area contributed by atoms with Gasteiger partial charge in [-0.25, -0.2) is 21.7 Å². The summed E-state index contributed by atoms with van der Waals surface area (Å²) in [4.78, 5) is 16.0. The van der Waals surface area contributed by atoms with Gasteiger partial charge >= 0.3 is 0 Å². The molecule has 0 unspecified atom stereocenters. The highest BCUT2D eigenvalue weighted by Gasteiger charge is 2.47. The van der Waals surface area contributed by atoms with Crippen LogP contribution in [-0.4, -0.2) is 70.8 Å². The largest absolute Gasteiger partial charge is 0.353 e. The Kier molecular flexibility index (Phi) is 6.37. The second-order valence-electron chi connectivity index (χ2n) is 9.42. The van der Waals surface area contributed by atoms with Gasteiger partial charge in [0, 0.05) is 38.2 Å². The average molecular weight is 551 g/mol. The molecule has 0 bridgehead atoms. The van der Waals surface area contributed by atoms with Gasteiger partial charge in [-0.2, -0.15) is 15.1 Å². The number of nitriles is 1. The molecule has 11 nitrogen and oxygen atoms in total. The minimum absolute atomic E-state index is 0.0454. The first-order valence-electron chi connectivity index (χ1n) is 11.7. The molecule has 0 spiro atoms. The number of halogens is 2. The number of alkyl halides is 2. The van der Waals surface area contributed by atoms with Gasteiger partial charge in [0.1, 0.15) is 11.4 Å². The maximum absolute atomic E-state index is 13.3. The van der Waals surface area contributed by atoms with Crippen molar-refractivity contribution < 1.29 is 22.0 Å². The summed E-state index contributed by atoms with van der Waals surface area (Å²) in [6.07, 6.45) is -0.505. The summed E-state index contributed by atoms with van der Waals surface area (Å²) < 4.78 is 56.9. The van der Waals surface area contributed by atoms with Gasteiger partial charge in [0.15, 0.2) is 10.0 Å². The zero-order chi connectivity index (χ0) is 26.5. The highest BCUT2D eigenvalue weighted by atomic mass is 32.2. The summed E-state index contributed by atoms with van der Waals surface area (Å²) in [5.41, 5.74) is -0.419. The van der Waals surface area contributed by atoms with E-state index in [0.717, 1.165) is 0 Å². The van der Waals surface area contributed by atoms with Crippen molar-refractivity contribution in [2.45, 2.75) is 43.5 Å². The Morgan fingerprint density at radius 1 is 1.19 bits per heavy atom. The number of fused-ring (bicyclic) bond motifs is 1. The van der Waals surface area contributed by atoms with E-state index in [1.165, 1.54) is 22.8 Å². The minimum Gasteiger partial charge on any atom is -0.353 e. The molecule has 2 fully saturated rings. The van der Waals surface area contributed by atoms with Crippen molar-refractivity contribution in [3.63, 3.8) is 0 Å². The SMILES string of the molecule is CC(C)C(=O)N1CCN(c2cc(S(=O)(=O)NC3(C#N)CC3)cc3c(-c4nnc(C(F)F)s4)cnn23)CC1. The predicted octanol–water partition coefficient (Wildman–Crippen LogP) is 2.43. The highest BCUT2D eigenvalue weighted by Crippen LogP contribution is 2.38. The lowest BCUT2D eigenvalue weighted by molar-refractivity contribution is -0.134. The number of hydrogen-bond acceptors (Lipinski definition) is 9. The van der Waals surface area contributed by atoms with E-state index in [4.69, 9.17) is 0 Å². The molecule has 196 valence electrons. The van der Waals surface area contributed by atoms with Gasteiger partial charge in [0.05, 0.1) is 28.2 Å². The van der Waals surface area contributed by atoms with Crippen LogP contribution in [0.25, 0.3) is 16.1 Å². The predicted molar refractivity (Wildman–Crippen MR) is 131 cm³/mol. The number of hydrogen-bond donors (Lipinski definition) is 1. The van der Waals surface area contributed by atoms with Crippen molar-refractivity contribution in [3.05, 3.63) is 23.3 Å². The van der Waals surface area contributed by atoms with Crippen LogP contribution >= 0.6 is 11.3 Å². The van der Waals surface area contributed by atoms with Gasteiger partial charge in [-0.3, -0.25) is 4.79 Å². The number of amides is 1. The second-order valence-corrected chi connectivity index (χ2v) is 12.1. The van der Waals surface area contributed by atoms with Gasteiger partial charge in [-0.1, -0.05) is 25.2 Å². The van der Waals surface area contributed by atoms with Gasteiger partial charge in [0.2, 0.25) is 15.9 Å². The molecule has 37 heavy (non-hydrogen) atoms. The summed E-state index contributed by atoms with van der Waals surface area (Å²) in [7, 11) is -4.10. The summed E-state index contributed by atoms with van der Waals surface area (Å²) >= 11 is 0.707. The number of sulfonamides is 1. The first-order chi connectivity index (χ1) is 17.5. The van der Waals surface area contributed by atoms with Crippen LogP contribution in [0.4, 0.5) is 14.6 Å². The number of pyridine rings is 1. The topological polar surface area (TPSA) is 137 Å². The molecule has 5 rings (SSSR count). The Bertz CT molecular complexity index is 1500. The quantitative estimate of drug-likeness (QED) is 0.474. The van der Waals surface area contributed by atoms with Gasteiger partial charge in [-0.15, -0.1) is 10.2 Å². The van der Waals surface area contributed by atoms with Crippen LogP contribution < -0.4 is 9.62 Å². The Morgan fingerprint density at radius 2 is 1.89 bits per heavy atom.